The second-order valence-corrected chi connectivity index (χ2v) is 6.43. The van der Waals surface area contributed by atoms with Gasteiger partial charge >= 0.3 is 0 Å². The molecule has 108 valence electrons. The van der Waals surface area contributed by atoms with E-state index < -0.39 is 0 Å². The third-order valence-corrected chi connectivity index (χ3v) is 4.69. The quantitative estimate of drug-likeness (QED) is 0.696. The molecule has 0 saturated carbocycles. The number of nitrogens with zero attached hydrogens (tertiary/aromatic N) is 1. The SMILES string of the molecule is CCNCC1(CN(C)C(CC)CSC)CCOC1. The fraction of sp³-hybridized carbons (Fsp3) is 1.00. The molecule has 0 aromatic carbocycles. The number of rotatable bonds is 9. The first kappa shape index (κ1) is 16.3. The number of nitrogens with one attached hydrogen (secondary N) is 1. The predicted molar refractivity (Wildman–Crippen MR) is 81.5 cm³/mol. The summed E-state index contributed by atoms with van der Waals surface area (Å²) in [6.45, 7) is 9.60. The Morgan fingerprint density at radius 2 is 2.22 bits per heavy atom. The maximum Gasteiger partial charge on any atom is 0.0547 e. The molecule has 0 amide bonds. The van der Waals surface area contributed by atoms with Gasteiger partial charge in [0.1, 0.15) is 0 Å². The molecule has 1 saturated heterocycles. The van der Waals surface area contributed by atoms with Gasteiger partial charge in [-0.1, -0.05) is 13.8 Å². The van der Waals surface area contributed by atoms with Crippen molar-refractivity contribution in [1.82, 2.24) is 10.2 Å². The maximum atomic E-state index is 5.66. The van der Waals surface area contributed by atoms with Gasteiger partial charge in [-0.2, -0.15) is 11.8 Å². The highest BCUT2D eigenvalue weighted by Gasteiger charge is 2.36. The third kappa shape index (κ3) is 4.72. The molecule has 3 nitrogen and oxygen atoms in total. The molecule has 2 unspecified atom stereocenters. The van der Waals surface area contributed by atoms with E-state index in [1.807, 2.05) is 11.8 Å². The van der Waals surface area contributed by atoms with Gasteiger partial charge in [0.05, 0.1) is 6.61 Å². The Labute approximate surface area is 117 Å². The molecule has 1 aliphatic heterocycles. The van der Waals surface area contributed by atoms with Crippen LogP contribution in [0.25, 0.3) is 0 Å². The van der Waals surface area contributed by atoms with Crippen molar-refractivity contribution in [1.29, 1.82) is 0 Å². The maximum absolute atomic E-state index is 5.66. The zero-order valence-electron chi connectivity index (χ0n) is 12.5. The molecule has 4 heteroatoms. The average molecular weight is 274 g/mol. The van der Waals surface area contributed by atoms with Crippen molar-refractivity contribution < 1.29 is 4.74 Å². The van der Waals surface area contributed by atoms with Crippen molar-refractivity contribution in [3.8, 4) is 0 Å². The zero-order valence-corrected chi connectivity index (χ0v) is 13.3. The van der Waals surface area contributed by atoms with E-state index in [9.17, 15) is 0 Å². The van der Waals surface area contributed by atoms with E-state index in [2.05, 4.69) is 37.4 Å². The number of thioether (sulfide) groups is 1. The van der Waals surface area contributed by atoms with E-state index in [4.69, 9.17) is 4.74 Å². The van der Waals surface area contributed by atoms with Crippen LogP contribution in [-0.2, 0) is 4.74 Å². The van der Waals surface area contributed by atoms with Gasteiger partial charge in [-0.05, 0) is 32.7 Å². The molecule has 0 spiro atoms. The van der Waals surface area contributed by atoms with Crippen molar-refractivity contribution >= 4 is 11.8 Å². The van der Waals surface area contributed by atoms with Gasteiger partial charge in [0, 0.05) is 36.9 Å². The van der Waals surface area contributed by atoms with Gasteiger partial charge < -0.3 is 15.0 Å². The Bertz CT molecular complexity index is 220. The Kier molecular flexibility index (Phi) is 7.61. The normalized spacial score (nSPS) is 25.8. The first-order valence-electron chi connectivity index (χ1n) is 7.15. The summed E-state index contributed by atoms with van der Waals surface area (Å²) in [7, 11) is 2.27. The second kappa shape index (κ2) is 8.41. The standard InChI is InChI=1S/C14H30N2OS/c1-5-13(9-18-4)16(3)11-14(10-15-6-2)7-8-17-12-14/h13,15H,5-12H2,1-4H3. The largest absolute Gasteiger partial charge is 0.381 e. The van der Waals surface area contributed by atoms with E-state index in [-0.39, 0.29) is 0 Å². The van der Waals surface area contributed by atoms with Crippen LogP contribution in [-0.4, -0.2) is 62.8 Å². The molecular weight excluding hydrogens is 244 g/mol. The summed E-state index contributed by atoms with van der Waals surface area (Å²) >= 11 is 1.95. The Balaban J connectivity index is 2.53. The molecule has 0 radical (unpaired) electrons. The average Bonchev–Trinajstić information content (AvgIpc) is 2.82. The van der Waals surface area contributed by atoms with Crippen molar-refractivity contribution in [2.24, 2.45) is 5.41 Å². The highest BCUT2D eigenvalue weighted by atomic mass is 32.2. The van der Waals surface area contributed by atoms with Crippen LogP contribution in [0.3, 0.4) is 0 Å². The first-order chi connectivity index (χ1) is 8.67. The molecule has 18 heavy (non-hydrogen) atoms. The summed E-state index contributed by atoms with van der Waals surface area (Å²) in [5, 5.41) is 3.51. The lowest BCUT2D eigenvalue weighted by molar-refractivity contribution is 0.104. The van der Waals surface area contributed by atoms with Crippen LogP contribution >= 0.6 is 11.8 Å². The minimum atomic E-state index is 0.330. The Morgan fingerprint density at radius 1 is 1.44 bits per heavy atom. The number of hydrogen-bond donors (Lipinski definition) is 1. The van der Waals surface area contributed by atoms with E-state index >= 15 is 0 Å². The van der Waals surface area contributed by atoms with Gasteiger partial charge in [-0.15, -0.1) is 0 Å². The molecule has 2 atom stereocenters. The lowest BCUT2D eigenvalue weighted by Gasteiger charge is -2.36. The third-order valence-electron chi connectivity index (χ3n) is 3.97. The summed E-state index contributed by atoms with van der Waals surface area (Å²) in [5.74, 6) is 1.23. The van der Waals surface area contributed by atoms with Gasteiger partial charge in [0.2, 0.25) is 0 Å². The van der Waals surface area contributed by atoms with E-state index in [0.717, 1.165) is 32.8 Å². The van der Waals surface area contributed by atoms with E-state index in [0.29, 0.717) is 11.5 Å². The van der Waals surface area contributed by atoms with Crippen molar-refractivity contribution in [3.05, 3.63) is 0 Å². The Hall–Kier alpha value is 0.230. The fourth-order valence-corrected chi connectivity index (χ4v) is 3.64. The van der Waals surface area contributed by atoms with Crippen molar-refractivity contribution in [2.75, 3.05) is 51.9 Å². The monoisotopic (exact) mass is 274 g/mol. The van der Waals surface area contributed by atoms with Crippen LogP contribution in [0.5, 0.6) is 0 Å². The van der Waals surface area contributed by atoms with Crippen LogP contribution < -0.4 is 5.32 Å². The van der Waals surface area contributed by atoms with Gasteiger partial charge in [-0.25, -0.2) is 0 Å². The number of hydrogen-bond acceptors (Lipinski definition) is 4. The summed E-state index contributed by atoms with van der Waals surface area (Å²) in [6.07, 6.45) is 4.62. The molecule has 1 rings (SSSR count). The van der Waals surface area contributed by atoms with Gasteiger partial charge in [0.25, 0.3) is 0 Å². The molecule has 0 bridgehead atoms. The van der Waals surface area contributed by atoms with Crippen LogP contribution in [0.2, 0.25) is 0 Å². The topological polar surface area (TPSA) is 24.5 Å². The van der Waals surface area contributed by atoms with Crippen LogP contribution in [0.1, 0.15) is 26.7 Å². The molecule has 0 aromatic heterocycles. The second-order valence-electron chi connectivity index (χ2n) is 5.52. The van der Waals surface area contributed by atoms with Gasteiger partial charge in [0.15, 0.2) is 0 Å². The molecule has 1 heterocycles. The summed E-state index contributed by atoms with van der Waals surface area (Å²) in [6, 6.07) is 0.694. The zero-order chi connectivity index (χ0) is 13.4. The smallest absolute Gasteiger partial charge is 0.0547 e. The summed E-state index contributed by atoms with van der Waals surface area (Å²) in [4.78, 5) is 2.54. The minimum Gasteiger partial charge on any atom is -0.381 e. The lowest BCUT2D eigenvalue weighted by atomic mass is 9.86. The number of ether oxygens (including phenoxy) is 1. The summed E-state index contributed by atoms with van der Waals surface area (Å²) in [5.41, 5.74) is 0.330. The molecule has 1 aliphatic rings. The molecule has 0 aromatic rings. The molecular formula is C14H30N2OS. The highest BCUT2D eigenvalue weighted by Crippen LogP contribution is 2.29. The van der Waals surface area contributed by atoms with Crippen LogP contribution in [0.4, 0.5) is 0 Å². The molecule has 1 N–H and O–H groups in total. The first-order valence-corrected chi connectivity index (χ1v) is 8.54. The lowest BCUT2D eigenvalue weighted by Crippen LogP contribution is -2.47. The highest BCUT2D eigenvalue weighted by molar-refractivity contribution is 7.98. The van der Waals surface area contributed by atoms with E-state index in [1.165, 1.54) is 18.6 Å². The Morgan fingerprint density at radius 3 is 2.72 bits per heavy atom. The minimum absolute atomic E-state index is 0.330. The van der Waals surface area contributed by atoms with Gasteiger partial charge in [-0.3, -0.25) is 0 Å². The van der Waals surface area contributed by atoms with E-state index in [1.54, 1.807) is 0 Å². The molecule has 0 aliphatic carbocycles. The predicted octanol–water partition coefficient (Wildman–Crippen LogP) is 2.08. The van der Waals surface area contributed by atoms with Crippen LogP contribution in [0, 0.1) is 5.41 Å². The van der Waals surface area contributed by atoms with Crippen molar-refractivity contribution in [2.45, 2.75) is 32.7 Å². The molecule has 1 fully saturated rings. The summed E-state index contributed by atoms with van der Waals surface area (Å²) < 4.78 is 5.66. The fourth-order valence-electron chi connectivity index (χ4n) is 2.77. The van der Waals surface area contributed by atoms with Crippen molar-refractivity contribution in [3.63, 3.8) is 0 Å². The van der Waals surface area contributed by atoms with Crippen LogP contribution in [0.15, 0.2) is 0 Å².